The van der Waals surface area contributed by atoms with Gasteiger partial charge in [0.2, 0.25) is 0 Å². The van der Waals surface area contributed by atoms with Gasteiger partial charge in [-0.2, -0.15) is 0 Å². The summed E-state index contributed by atoms with van der Waals surface area (Å²) in [6.07, 6.45) is 3.65. The van der Waals surface area contributed by atoms with Crippen LogP contribution in [0.2, 0.25) is 0 Å². The average Bonchev–Trinajstić information content (AvgIpc) is 3.75. The Kier molecular flexibility index (Phi) is 6.52. The Labute approximate surface area is 306 Å². The van der Waals surface area contributed by atoms with Crippen LogP contribution in [0.4, 0.5) is 0 Å². The van der Waals surface area contributed by atoms with Crippen LogP contribution in [0.15, 0.2) is 182 Å². The van der Waals surface area contributed by atoms with Crippen molar-refractivity contribution in [2.24, 2.45) is 0 Å². The van der Waals surface area contributed by atoms with Gasteiger partial charge in [-0.25, -0.2) is 9.97 Å². The van der Waals surface area contributed by atoms with Crippen molar-refractivity contribution in [3.05, 3.63) is 182 Å². The molecule has 1 aliphatic carbocycles. The van der Waals surface area contributed by atoms with Gasteiger partial charge < -0.3 is 4.57 Å². The van der Waals surface area contributed by atoms with Crippen molar-refractivity contribution in [3.63, 3.8) is 0 Å². The number of nitrogens with zero attached hydrogens (tertiary/aromatic N) is 4. The van der Waals surface area contributed by atoms with Crippen LogP contribution in [0.25, 0.3) is 106 Å². The summed E-state index contributed by atoms with van der Waals surface area (Å²) in [6.45, 7) is 0. The van der Waals surface area contributed by atoms with E-state index in [0.717, 1.165) is 44.9 Å². The maximum absolute atomic E-state index is 5.12. The lowest BCUT2D eigenvalue weighted by molar-refractivity contribution is 1.17. The number of fused-ring (bicyclic) bond motifs is 7. The van der Waals surface area contributed by atoms with E-state index in [1.807, 2.05) is 42.7 Å². The molecule has 0 atom stereocenters. The smallest absolute Gasteiger partial charge is 0.160 e. The van der Waals surface area contributed by atoms with Gasteiger partial charge in [-0.3, -0.25) is 4.98 Å². The number of pyridine rings is 1. The molecular weight excluding hydrogens is 645 g/mol. The highest BCUT2D eigenvalue weighted by Crippen LogP contribution is 2.52. The molecule has 0 aliphatic heterocycles. The fourth-order valence-corrected chi connectivity index (χ4v) is 8.22. The highest BCUT2D eigenvalue weighted by Gasteiger charge is 2.26. The Balaban J connectivity index is 1.06. The van der Waals surface area contributed by atoms with E-state index in [4.69, 9.17) is 9.97 Å². The predicted octanol–water partition coefficient (Wildman–Crippen LogP) is 12.4. The molecule has 0 radical (unpaired) electrons. The van der Waals surface area contributed by atoms with Crippen LogP contribution in [-0.2, 0) is 0 Å². The molecule has 4 nitrogen and oxygen atoms in total. The first kappa shape index (κ1) is 29.5. The zero-order chi connectivity index (χ0) is 34.9. The minimum Gasteiger partial charge on any atom is -0.309 e. The second-order valence-electron chi connectivity index (χ2n) is 13.6. The lowest BCUT2D eigenvalue weighted by Gasteiger charge is -2.13. The van der Waals surface area contributed by atoms with E-state index in [0.29, 0.717) is 5.82 Å². The Hall–Kier alpha value is -7.17. The van der Waals surface area contributed by atoms with Crippen molar-refractivity contribution in [2.45, 2.75) is 0 Å². The summed E-state index contributed by atoms with van der Waals surface area (Å²) in [5.41, 5.74) is 15.8. The molecule has 0 unspecified atom stereocenters. The van der Waals surface area contributed by atoms with Crippen LogP contribution in [-0.4, -0.2) is 19.5 Å². The molecule has 0 bridgehead atoms. The van der Waals surface area contributed by atoms with E-state index in [-0.39, 0.29) is 0 Å². The van der Waals surface area contributed by atoms with Crippen LogP contribution in [0.1, 0.15) is 0 Å². The normalized spacial score (nSPS) is 11.8. The standard InChI is InChI=1S/C49H30N4/c1-2-8-36(9-3-1)49-51-43(33-18-16-31(17-19-33)32-26-28-50-29-27-32)30-44(52-49)34-20-22-37(23-21-34)53-45-15-5-4-12-38(45)41-25-24-40-39-13-6-10-35-11-7-14-42(46(35)39)47(40)48(41)53/h1-30H. The molecule has 4 heteroatoms. The van der Waals surface area contributed by atoms with Gasteiger partial charge in [0, 0.05) is 51.1 Å². The van der Waals surface area contributed by atoms with E-state index >= 15 is 0 Å². The molecule has 0 N–H and O–H groups in total. The highest BCUT2D eigenvalue weighted by atomic mass is 15.0. The molecule has 3 heterocycles. The lowest BCUT2D eigenvalue weighted by Crippen LogP contribution is -1.97. The molecule has 10 aromatic rings. The SMILES string of the molecule is c1ccc(-c2nc(-c3ccc(-c4ccncc4)cc3)cc(-c3ccc(-n4c5ccccc5c5ccc6c(c54)-c4cccc5cccc-6c45)cc3)n2)cc1. The summed E-state index contributed by atoms with van der Waals surface area (Å²) < 4.78 is 2.45. The van der Waals surface area contributed by atoms with Gasteiger partial charge in [0.25, 0.3) is 0 Å². The second-order valence-corrected chi connectivity index (χ2v) is 13.6. The van der Waals surface area contributed by atoms with Crippen molar-refractivity contribution in [1.29, 1.82) is 0 Å². The minimum absolute atomic E-state index is 0.701. The van der Waals surface area contributed by atoms with Crippen molar-refractivity contribution in [3.8, 4) is 73.0 Å². The molecule has 0 spiro atoms. The second kappa shape index (κ2) is 11.7. The van der Waals surface area contributed by atoms with Crippen molar-refractivity contribution >= 4 is 32.6 Å². The summed E-state index contributed by atoms with van der Waals surface area (Å²) in [5.74, 6) is 0.701. The number of hydrogen-bond acceptors (Lipinski definition) is 3. The molecule has 1 aliphatic rings. The zero-order valence-electron chi connectivity index (χ0n) is 28.6. The molecule has 0 saturated carbocycles. The van der Waals surface area contributed by atoms with Gasteiger partial charge in [0.15, 0.2) is 5.82 Å². The van der Waals surface area contributed by atoms with Crippen LogP contribution in [0.3, 0.4) is 0 Å². The third-order valence-electron chi connectivity index (χ3n) is 10.7. The molecule has 246 valence electrons. The fraction of sp³-hybridized carbons (Fsp3) is 0. The lowest BCUT2D eigenvalue weighted by atomic mass is 10.00. The first-order valence-corrected chi connectivity index (χ1v) is 17.9. The summed E-state index contributed by atoms with van der Waals surface area (Å²) in [5, 5.41) is 5.13. The summed E-state index contributed by atoms with van der Waals surface area (Å²) in [6, 6.07) is 60.5. The number of benzene rings is 7. The van der Waals surface area contributed by atoms with Gasteiger partial charge >= 0.3 is 0 Å². The largest absolute Gasteiger partial charge is 0.309 e. The zero-order valence-corrected chi connectivity index (χ0v) is 28.6. The van der Waals surface area contributed by atoms with Gasteiger partial charge in [0.05, 0.1) is 22.4 Å². The Morgan fingerprint density at radius 1 is 0.415 bits per heavy atom. The van der Waals surface area contributed by atoms with Gasteiger partial charge in [-0.1, -0.05) is 133 Å². The molecule has 0 fully saturated rings. The maximum atomic E-state index is 5.12. The van der Waals surface area contributed by atoms with Crippen LogP contribution >= 0.6 is 0 Å². The molecular formula is C49H30N4. The summed E-state index contributed by atoms with van der Waals surface area (Å²) in [4.78, 5) is 14.4. The van der Waals surface area contributed by atoms with E-state index in [1.54, 1.807) is 0 Å². The molecule has 53 heavy (non-hydrogen) atoms. The Bertz CT molecular complexity index is 3010. The first-order chi connectivity index (χ1) is 26.3. The van der Waals surface area contributed by atoms with Crippen molar-refractivity contribution in [2.75, 3.05) is 0 Å². The number of para-hydroxylation sites is 1. The highest BCUT2D eigenvalue weighted by molar-refractivity contribution is 6.24. The quantitative estimate of drug-likeness (QED) is 0.182. The summed E-state index contributed by atoms with van der Waals surface area (Å²) in [7, 11) is 0. The topological polar surface area (TPSA) is 43.6 Å². The molecule has 11 rings (SSSR count). The first-order valence-electron chi connectivity index (χ1n) is 17.9. The summed E-state index contributed by atoms with van der Waals surface area (Å²) >= 11 is 0. The van der Waals surface area contributed by atoms with E-state index in [1.165, 1.54) is 54.8 Å². The minimum atomic E-state index is 0.701. The molecule has 0 saturated heterocycles. The van der Waals surface area contributed by atoms with E-state index in [2.05, 4.69) is 149 Å². The Morgan fingerprint density at radius 3 is 1.81 bits per heavy atom. The monoisotopic (exact) mass is 674 g/mol. The van der Waals surface area contributed by atoms with Crippen molar-refractivity contribution in [1.82, 2.24) is 19.5 Å². The third-order valence-corrected chi connectivity index (χ3v) is 10.7. The van der Waals surface area contributed by atoms with E-state index in [9.17, 15) is 0 Å². The van der Waals surface area contributed by atoms with Gasteiger partial charge in [-0.15, -0.1) is 0 Å². The maximum Gasteiger partial charge on any atom is 0.160 e. The Morgan fingerprint density at radius 2 is 1.06 bits per heavy atom. The van der Waals surface area contributed by atoms with Crippen LogP contribution in [0.5, 0.6) is 0 Å². The third kappa shape index (κ3) is 4.66. The number of aromatic nitrogens is 4. The van der Waals surface area contributed by atoms with E-state index < -0.39 is 0 Å². The van der Waals surface area contributed by atoms with Crippen LogP contribution < -0.4 is 0 Å². The van der Waals surface area contributed by atoms with Crippen LogP contribution in [0, 0.1) is 0 Å². The number of rotatable bonds is 5. The van der Waals surface area contributed by atoms with Gasteiger partial charge in [0.1, 0.15) is 0 Å². The van der Waals surface area contributed by atoms with Crippen molar-refractivity contribution < 1.29 is 0 Å². The number of hydrogen-bond donors (Lipinski definition) is 0. The molecule has 3 aromatic heterocycles. The van der Waals surface area contributed by atoms with Gasteiger partial charge in [-0.05, 0) is 75.0 Å². The average molecular weight is 675 g/mol. The molecule has 0 amide bonds. The predicted molar refractivity (Wildman–Crippen MR) is 218 cm³/mol. The molecule has 7 aromatic carbocycles. The fourth-order valence-electron chi connectivity index (χ4n) is 8.22.